The van der Waals surface area contributed by atoms with Crippen LogP contribution in [0.1, 0.15) is 67.8 Å². The van der Waals surface area contributed by atoms with Crippen molar-refractivity contribution < 1.29 is 27.8 Å². The Morgan fingerprint density at radius 3 is 2.30 bits per heavy atom. The molecule has 1 unspecified atom stereocenters. The minimum absolute atomic E-state index is 0.00894. The van der Waals surface area contributed by atoms with Crippen molar-refractivity contribution >= 4 is 12.0 Å². The van der Waals surface area contributed by atoms with Crippen LogP contribution < -0.4 is 14.2 Å². The number of carbonyl (C=O) groups is 1. The van der Waals surface area contributed by atoms with E-state index in [1.54, 1.807) is 18.2 Å². The third kappa shape index (κ3) is 7.33. The van der Waals surface area contributed by atoms with Gasteiger partial charge in [0.1, 0.15) is 11.6 Å². The van der Waals surface area contributed by atoms with Crippen molar-refractivity contribution in [1.29, 1.82) is 0 Å². The van der Waals surface area contributed by atoms with E-state index in [4.69, 9.17) is 14.2 Å². The van der Waals surface area contributed by atoms with Gasteiger partial charge in [-0.15, -0.1) is 0 Å². The van der Waals surface area contributed by atoms with Crippen LogP contribution in [0.25, 0.3) is 6.08 Å². The number of rotatable bonds is 10. The Labute approximate surface area is 236 Å². The number of ether oxygens (including phenoxy) is 3. The van der Waals surface area contributed by atoms with E-state index < -0.39 is 11.6 Å². The van der Waals surface area contributed by atoms with E-state index in [0.29, 0.717) is 34.9 Å². The molecule has 1 saturated heterocycles. The van der Waals surface area contributed by atoms with Crippen LogP contribution in [0.2, 0.25) is 0 Å². The first-order valence-electron chi connectivity index (χ1n) is 14.3. The zero-order valence-electron chi connectivity index (χ0n) is 24.2. The summed E-state index contributed by atoms with van der Waals surface area (Å²) in [4.78, 5) is 18.6. The highest BCUT2D eigenvalue weighted by molar-refractivity contribution is 5.96. The van der Waals surface area contributed by atoms with Crippen molar-refractivity contribution in [3.05, 3.63) is 58.7 Å². The number of benzene rings is 2. The highest BCUT2D eigenvalue weighted by atomic mass is 19.1. The van der Waals surface area contributed by atoms with Crippen LogP contribution >= 0.6 is 0 Å². The van der Waals surface area contributed by atoms with Gasteiger partial charge >= 0.3 is 0 Å². The molecule has 218 valence electrons. The Morgan fingerprint density at radius 2 is 1.68 bits per heavy atom. The molecule has 1 heterocycles. The summed E-state index contributed by atoms with van der Waals surface area (Å²) in [6.07, 6.45) is 10.1. The van der Waals surface area contributed by atoms with Gasteiger partial charge < -0.3 is 24.0 Å². The summed E-state index contributed by atoms with van der Waals surface area (Å²) < 4.78 is 44.4. The van der Waals surface area contributed by atoms with Gasteiger partial charge in [0.2, 0.25) is 5.75 Å². The number of carbonyl (C=O) groups excluding carboxylic acids is 1. The van der Waals surface area contributed by atoms with Gasteiger partial charge in [0.15, 0.2) is 11.5 Å². The normalized spacial score (nSPS) is 18.9. The van der Waals surface area contributed by atoms with E-state index in [9.17, 15) is 13.6 Å². The summed E-state index contributed by atoms with van der Waals surface area (Å²) in [5.74, 6) is 0.560. The largest absolute Gasteiger partial charge is 0.493 e. The number of methoxy groups -OCH3 is 3. The molecule has 40 heavy (non-hydrogen) atoms. The van der Waals surface area contributed by atoms with Crippen LogP contribution in [-0.2, 0) is 0 Å². The van der Waals surface area contributed by atoms with E-state index in [2.05, 4.69) is 4.90 Å². The number of amides is 1. The molecule has 2 aromatic carbocycles. The molecule has 2 aliphatic rings. The van der Waals surface area contributed by atoms with Gasteiger partial charge in [0.05, 0.1) is 21.3 Å². The molecule has 0 aromatic heterocycles. The lowest BCUT2D eigenvalue weighted by molar-refractivity contribution is 0.0538. The first-order valence-corrected chi connectivity index (χ1v) is 14.3. The Morgan fingerprint density at radius 1 is 0.975 bits per heavy atom. The van der Waals surface area contributed by atoms with Crippen LogP contribution in [0.15, 0.2) is 35.9 Å². The Kier molecular flexibility index (Phi) is 10.4. The monoisotopic (exact) mass is 556 g/mol. The summed E-state index contributed by atoms with van der Waals surface area (Å²) in [5.41, 5.74) is 1.53. The van der Waals surface area contributed by atoms with Crippen molar-refractivity contribution in [1.82, 2.24) is 9.80 Å². The molecule has 1 atom stereocenters. The second-order valence-electron chi connectivity index (χ2n) is 11.1. The third-order valence-corrected chi connectivity index (χ3v) is 8.12. The predicted octanol–water partition coefficient (Wildman–Crippen LogP) is 6.58. The SMILES string of the molecule is COc1cc(C(=O)N(C/C(C)=C\c2ccc(F)cc2F)C2CCCN(CC3CCCCC3)C2)cc(OC)c1OC. The van der Waals surface area contributed by atoms with Gasteiger partial charge in [-0.25, -0.2) is 8.78 Å². The number of piperidine rings is 1. The Hall–Kier alpha value is -3.13. The molecule has 0 spiro atoms. The lowest BCUT2D eigenvalue weighted by Crippen LogP contribution is -2.51. The van der Waals surface area contributed by atoms with Gasteiger partial charge in [-0.1, -0.05) is 30.9 Å². The second kappa shape index (κ2) is 14.0. The van der Waals surface area contributed by atoms with E-state index in [-0.39, 0.29) is 11.9 Å². The first kappa shape index (κ1) is 29.8. The molecule has 8 heteroatoms. The van der Waals surface area contributed by atoms with E-state index >= 15 is 0 Å². The molecule has 0 N–H and O–H groups in total. The van der Waals surface area contributed by atoms with Crippen LogP contribution in [-0.4, -0.2) is 69.3 Å². The number of halogens is 2. The Balaban J connectivity index is 1.63. The van der Waals surface area contributed by atoms with Gasteiger partial charge in [-0.05, 0) is 69.3 Å². The highest BCUT2D eigenvalue weighted by Crippen LogP contribution is 2.39. The quantitative estimate of drug-likeness (QED) is 0.331. The van der Waals surface area contributed by atoms with Crippen LogP contribution in [0.3, 0.4) is 0 Å². The fraction of sp³-hybridized carbons (Fsp3) is 0.531. The van der Waals surface area contributed by atoms with Crippen LogP contribution in [0.5, 0.6) is 17.2 Å². The van der Waals surface area contributed by atoms with E-state index in [1.165, 1.54) is 65.6 Å². The summed E-state index contributed by atoms with van der Waals surface area (Å²) >= 11 is 0. The summed E-state index contributed by atoms with van der Waals surface area (Å²) in [6, 6.07) is 6.89. The van der Waals surface area contributed by atoms with Crippen molar-refractivity contribution in [2.45, 2.75) is 57.9 Å². The maximum atomic E-state index is 14.4. The minimum Gasteiger partial charge on any atom is -0.493 e. The molecule has 2 aromatic rings. The number of hydrogen-bond acceptors (Lipinski definition) is 5. The molecule has 1 aliphatic carbocycles. The molecule has 6 nitrogen and oxygen atoms in total. The summed E-state index contributed by atoms with van der Waals surface area (Å²) in [7, 11) is 4.58. The maximum absolute atomic E-state index is 14.4. The lowest BCUT2D eigenvalue weighted by atomic mass is 9.88. The molecule has 0 bridgehead atoms. The predicted molar refractivity (Wildman–Crippen MR) is 153 cm³/mol. The van der Waals surface area contributed by atoms with Crippen molar-refractivity contribution in [2.24, 2.45) is 5.92 Å². The molecule has 1 saturated carbocycles. The van der Waals surface area contributed by atoms with E-state index in [0.717, 1.165) is 50.0 Å². The van der Waals surface area contributed by atoms with Gasteiger partial charge in [-0.2, -0.15) is 0 Å². The Bertz CT molecular complexity index is 1170. The summed E-state index contributed by atoms with van der Waals surface area (Å²) in [5, 5.41) is 0. The third-order valence-electron chi connectivity index (χ3n) is 8.12. The van der Waals surface area contributed by atoms with Crippen molar-refractivity contribution in [3.63, 3.8) is 0 Å². The lowest BCUT2D eigenvalue weighted by Gasteiger charge is -2.41. The zero-order valence-corrected chi connectivity index (χ0v) is 24.2. The van der Waals surface area contributed by atoms with Gasteiger partial charge in [0.25, 0.3) is 5.91 Å². The maximum Gasteiger partial charge on any atom is 0.254 e. The average molecular weight is 557 g/mol. The molecule has 1 amide bonds. The topological polar surface area (TPSA) is 51.2 Å². The number of hydrogen-bond donors (Lipinski definition) is 0. The molecular weight excluding hydrogens is 514 g/mol. The molecular formula is C32H42F2N2O4. The van der Waals surface area contributed by atoms with Crippen molar-refractivity contribution in [2.75, 3.05) is 47.5 Å². The van der Waals surface area contributed by atoms with Crippen molar-refractivity contribution in [3.8, 4) is 17.2 Å². The highest BCUT2D eigenvalue weighted by Gasteiger charge is 2.31. The zero-order chi connectivity index (χ0) is 28.6. The molecule has 1 aliphatic heterocycles. The smallest absolute Gasteiger partial charge is 0.254 e. The van der Waals surface area contributed by atoms with Gasteiger partial charge in [0, 0.05) is 42.9 Å². The fourth-order valence-corrected chi connectivity index (χ4v) is 6.12. The van der Waals surface area contributed by atoms with Crippen LogP contribution in [0.4, 0.5) is 8.78 Å². The molecule has 4 rings (SSSR count). The second-order valence-corrected chi connectivity index (χ2v) is 11.1. The van der Waals surface area contributed by atoms with Crippen LogP contribution in [0, 0.1) is 17.6 Å². The molecule has 0 radical (unpaired) electrons. The van der Waals surface area contributed by atoms with E-state index in [1.807, 2.05) is 11.8 Å². The number of nitrogens with zero attached hydrogens (tertiary/aromatic N) is 2. The number of likely N-dealkylation sites (tertiary alicyclic amines) is 1. The minimum atomic E-state index is -0.627. The first-order chi connectivity index (χ1) is 19.3. The van der Waals surface area contributed by atoms with Gasteiger partial charge in [-0.3, -0.25) is 4.79 Å². The average Bonchev–Trinajstić information content (AvgIpc) is 2.96. The summed E-state index contributed by atoms with van der Waals surface area (Å²) in [6.45, 7) is 5.09. The fourth-order valence-electron chi connectivity index (χ4n) is 6.12. The molecule has 2 fully saturated rings. The standard InChI is InChI=1S/C32H42F2N2O4/c1-22(15-24-12-13-26(33)18-28(24)34)19-36(27-11-8-14-35(21-27)20-23-9-6-5-7-10-23)32(37)25-16-29(38-2)31(40-4)30(17-25)39-3/h12-13,15-18,23,27H,5-11,14,19-21H2,1-4H3/b22-15-.